The first-order chi connectivity index (χ1) is 23.6. The van der Waals surface area contributed by atoms with Crippen molar-refractivity contribution >= 4 is 11.3 Å². The molecule has 1 unspecified atom stereocenters. The Hall–Kier alpha value is -3.82. The van der Waals surface area contributed by atoms with Gasteiger partial charge < -0.3 is 28.8 Å². The summed E-state index contributed by atoms with van der Waals surface area (Å²) in [6.45, 7) is 3.93. The van der Waals surface area contributed by atoms with Crippen LogP contribution >= 0.6 is 11.3 Å². The van der Waals surface area contributed by atoms with Crippen LogP contribution in [0.15, 0.2) is 133 Å². The molecule has 0 bridgehead atoms. The van der Waals surface area contributed by atoms with Crippen molar-refractivity contribution in [1.82, 2.24) is 0 Å². The number of thiophene rings is 1. The van der Waals surface area contributed by atoms with E-state index in [-0.39, 0.29) is 18.1 Å². The second kappa shape index (κ2) is 17.5. The number of hydrogen-bond donors (Lipinski definition) is 1. The van der Waals surface area contributed by atoms with Crippen LogP contribution in [0.5, 0.6) is 5.75 Å². The molecule has 1 saturated carbocycles. The minimum Gasteiger partial charge on any atom is -0.486 e. The van der Waals surface area contributed by atoms with E-state index in [4.69, 9.17) is 23.7 Å². The van der Waals surface area contributed by atoms with Crippen molar-refractivity contribution < 1.29 is 28.8 Å². The number of aliphatic hydroxyl groups is 1. The van der Waals surface area contributed by atoms with Crippen LogP contribution in [0.3, 0.4) is 0 Å². The lowest BCUT2D eigenvalue weighted by Crippen LogP contribution is -2.59. The third-order valence-electron chi connectivity index (χ3n) is 8.63. The fourth-order valence-corrected chi connectivity index (χ4v) is 6.98. The van der Waals surface area contributed by atoms with E-state index >= 15 is 0 Å². The maximum absolute atomic E-state index is 10.5. The lowest BCUT2D eigenvalue weighted by molar-refractivity contribution is -0.220. The molecule has 1 aromatic heterocycles. The van der Waals surface area contributed by atoms with Gasteiger partial charge in [0.1, 0.15) is 24.1 Å². The molecular formula is C41H44O6S. The smallest absolute Gasteiger partial charge is 0.136 e. The Balaban J connectivity index is 1.33. The molecule has 7 heteroatoms. The van der Waals surface area contributed by atoms with Crippen molar-refractivity contribution in [3.05, 3.63) is 160 Å². The minimum atomic E-state index is -0.649. The van der Waals surface area contributed by atoms with Gasteiger partial charge in [-0.2, -0.15) is 0 Å². The first-order valence-electron chi connectivity index (χ1n) is 16.6. The van der Waals surface area contributed by atoms with Gasteiger partial charge in [-0.3, -0.25) is 0 Å². The molecule has 4 aromatic carbocycles. The molecule has 1 fully saturated rings. The Kier molecular flexibility index (Phi) is 12.4. The fraction of sp³-hybridized carbons (Fsp3) is 0.317. The second-order valence-electron chi connectivity index (χ2n) is 12.3. The number of benzene rings is 4. The van der Waals surface area contributed by atoms with Crippen molar-refractivity contribution in [2.45, 2.75) is 70.3 Å². The zero-order valence-corrected chi connectivity index (χ0v) is 28.1. The molecule has 6 rings (SSSR count). The largest absolute Gasteiger partial charge is 0.486 e. The summed E-state index contributed by atoms with van der Waals surface area (Å²) < 4.78 is 33.7. The van der Waals surface area contributed by atoms with Crippen LogP contribution in [0.1, 0.15) is 46.6 Å². The van der Waals surface area contributed by atoms with E-state index in [0.717, 1.165) is 27.1 Å². The Morgan fingerprint density at radius 1 is 0.604 bits per heavy atom. The van der Waals surface area contributed by atoms with Gasteiger partial charge in [-0.1, -0.05) is 121 Å². The van der Waals surface area contributed by atoms with E-state index in [9.17, 15) is 5.11 Å². The van der Waals surface area contributed by atoms with Crippen LogP contribution < -0.4 is 4.74 Å². The molecule has 0 radical (unpaired) electrons. The molecule has 0 spiro atoms. The van der Waals surface area contributed by atoms with Crippen LogP contribution in [-0.2, 0) is 45.4 Å². The van der Waals surface area contributed by atoms with Gasteiger partial charge in [0, 0.05) is 5.92 Å². The molecule has 48 heavy (non-hydrogen) atoms. The van der Waals surface area contributed by atoms with Crippen LogP contribution in [0.25, 0.3) is 0 Å². The maximum atomic E-state index is 10.5. The number of aliphatic hydroxyl groups excluding tert-OH is 1. The van der Waals surface area contributed by atoms with Gasteiger partial charge in [0.15, 0.2) is 0 Å². The summed E-state index contributed by atoms with van der Waals surface area (Å²) in [4.78, 5) is 0.790. The summed E-state index contributed by atoms with van der Waals surface area (Å²) in [6.07, 6.45) is -1.71. The molecular weight excluding hydrogens is 621 g/mol. The summed E-state index contributed by atoms with van der Waals surface area (Å²) in [7, 11) is 0. The standard InChI is InChI=1S/C41H44O6S/c1-30(42)41-36(22-23-48-41)47-37-24-35(29-43-25-31-14-6-2-7-15-31)38(44-26-32-16-8-3-9-17-32)40(46-28-34-20-12-5-13-21-34)39(37)45-27-33-18-10-4-11-19-33/h2-23,30,35,37-40,42H,24-29H2,1H3/t30?,35-,37-,38-,39+,40+/m1/s1. The summed E-state index contributed by atoms with van der Waals surface area (Å²) in [6, 6.07) is 42.7. The lowest BCUT2D eigenvalue weighted by atomic mass is 9.80. The van der Waals surface area contributed by atoms with E-state index in [1.54, 1.807) is 6.92 Å². The summed E-state index contributed by atoms with van der Waals surface area (Å²) in [5.74, 6) is 0.608. The first-order valence-corrected chi connectivity index (χ1v) is 17.5. The predicted octanol–water partition coefficient (Wildman–Crippen LogP) is 8.54. The van der Waals surface area contributed by atoms with E-state index in [0.29, 0.717) is 45.2 Å². The minimum absolute atomic E-state index is 0.0617. The van der Waals surface area contributed by atoms with Crippen LogP contribution in [0.4, 0.5) is 0 Å². The van der Waals surface area contributed by atoms with Gasteiger partial charge in [0.05, 0.1) is 50.1 Å². The SMILES string of the molecule is CC(O)c1sccc1O[C@@H]1C[C@H](COCc2ccccc2)[C@@H](OCc2ccccc2)[C@H](OCc2ccccc2)[C@H]1OCc1ccccc1. The quantitative estimate of drug-likeness (QED) is 0.114. The molecule has 0 saturated heterocycles. The van der Waals surface area contributed by atoms with Gasteiger partial charge in [-0.25, -0.2) is 0 Å². The average Bonchev–Trinajstić information content (AvgIpc) is 3.60. The molecule has 6 nitrogen and oxygen atoms in total. The van der Waals surface area contributed by atoms with Gasteiger partial charge >= 0.3 is 0 Å². The van der Waals surface area contributed by atoms with Gasteiger partial charge in [-0.05, 0) is 47.0 Å². The monoisotopic (exact) mass is 664 g/mol. The van der Waals surface area contributed by atoms with Gasteiger partial charge in [0.25, 0.3) is 0 Å². The van der Waals surface area contributed by atoms with Crippen molar-refractivity contribution in [1.29, 1.82) is 0 Å². The highest BCUT2D eigenvalue weighted by Gasteiger charge is 2.49. The molecule has 0 amide bonds. The highest BCUT2D eigenvalue weighted by Crippen LogP contribution is 2.39. The Bertz CT molecular complexity index is 1610. The molecule has 6 atom stereocenters. The maximum Gasteiger partial charge on any atom is 0.136 e. The highest BCUT2D eigenvalue weighted by molar-refractivity contribution is 7.10. The van der Waals surface area contributed by atoms with Crippen molar-refractivity contribution in [3.8, 4) is 5.75 Å². The summed E-state index contributed by atoms with van der Waals surface area (Å²) in [5, 5.41) is 12.5. The highest BCUT2D eigenvalue weighted by atomic mass is 32.1. The molecule has 250 valence electrons. The van der Waals surface area contributed by atoms with E-state index in [1.165, 1.54) is 11.3 Å². The molecule has 1 aliphatic rings. The van der Waals surface area contributed by atoms with E-state index < -0.39 is 18.3 Å². The molecule has 0 aliphatic heterocycles. The summed E-state index contributed by atoms with van der Waals surface area (Å²) in [5.41, 5.74) is 4.33. The second-order valence-corrected chi connectivity index (χ2v) is 13.2. The van der Waals surface area contributed by atoms with E-state index in [1.807, 2.05) is 84.2 Å². The van der Waals surface area contributed by atoms with Crippen LogP contribution in [-0.4, -0.2) is 36.1 Å². The Morgan fingerprint density at radius 2 is 1.06 bits per heavy atom. The van der Waals surface area contributed by atoms with Crippen LogP contribution in [0.2, 0.25) is 0 Å². The van der Waals surface area contributed by atoms with Crippen molar-refractivity contribution in [3.63, 3.8) is 0 Å². The third-order valence-corrected chi connectivity index (χ3v) is 9.70. The van der Waals surface area contributed by atoms with Crippen LogP contribution in [0, 0.1) is 5.92 Å². The number of rotatable bonds is 16. The summed E-state index contributed by atoms with van der Waals surface area (Å²) >= 11 is 1.49. The van der Waals surface area contributed by atoms with Gasteiger partial charge in [0.2, 0.25) is 0 Å². The van der Waals surface area contributed by atoms with Gasteiger partial charge in [-0.15, -0.1) is 11.3 Å². The first kappa shape index (κ1) is 34.1. The topological polar surface area (TPSA) is 66.4 Å². The molecule has 1 aliphatic carbocycles. The van der Waals surface area contributed by atoms with Crippen molar-refractivity contribution in [2.75, 3.05) is 6.61 Å². The third kappa shape index (κ3) is 9.41. The fourth-order valence-electron chi connectivity index (χ4n) is 6.21. The zero-order valence-electron chi connectivity index (χ0n) is 27.3. The Morgan fingerprint density at radius 3 is 1.56 bits per heavy atom. The lowest BCUT2D eigenvalue weighted by Gasteiger charge is -2.46. The average molecular weight is 665 g/mol. The zero-order chi connectivity index (χ0) is 33.0. The molecule has 1 heterocycles. The van der Waals surface area contributed by atoms with E-state index in [2.05, 4.69) is 48.5 Å². The molecule has 5 aromatic rings. The number of hydrogen-bond acceptors (Lipinski definition) is 7. The van der Waals surface area contributed by atoms with Crippen molar-refractivity contribution in [2.24, 2.45) is 5.92 Å². The normalized spacial score (nSPS) is 21.5. The molecule has 1 N–H and O–H groups in total. The number of ether oxygens (including phenoxy) is 5. The Labute approximate surface area is 287 Å². The predicted molar refractivity (Wildman–Crippen MR) is 189 cm³/mol.